The Morgan fingerprint density at radius 2 is 1.97 bits per heavy atom. The number of halogens is 1. The van der Waals surface area contributed by atoms with E-state index in [0.29, 0.717) is 32.2 Å². The van der Waals surface area contributed by atoms with Gasteiger partial charge in [0.2, 0.25) is 0 Å². The zero-order chi connectivity index (χ0) is 24.5. The van der Waals surface area contributed by atoms with Crippen molar-refractivity contribution >= 4 is 66.3 Å². The highest BCUT2D eigenvalue weighted by Gasteiger charge is 2.21. The fraction of sp³-hybridized carbons (Fsp3) is 0.0952. The van der Waals surface area contributed by atoms with Gasteiger partial charge < -0.3 is 0 Å². The molecule has 4 aromatic rings. The molecule has 4 rings (SSSR count). The minimum Gasteiger partial charge on any atom is -0.298 e. The first-order chi connectivity index (χ1) is 16.1. The Kier molecular flexibility index (Phi) is 6.96. The Hall–Kier alpha value is -2.90. The van der Waals surface area contributed by atoms with Crippen LogP contribution in [0.2, 0.25) is 4.34 Å². The van der Waals surface area contributed by atoms with Gasteiger partial charge in [-0.1, -0.05) is 23.7 Å². The van der Waals surface area contributed by atoms with Crippen LogP contribution in [0.4, 0.5) is 5.69 Å². The quantitative estimate of drug-likeness (QED) is 0.329. The molecule has 0 aliphatic rings. The van der Waals surface area contributed by atoms with Gasteiger partial charge in [-0.05, 0) is 47.3 Å². The third kappa shape index (κ3) is 5.42. The summed E-state index contributed by atoms with van der Waals surface area (Å²) in [5, 5.41) is 0.962. The summed E-state index contributed by atoms with van der Waals surface area (Å²) < 4.78 is 48.7. The van der Waals surface area contributed by atoms with Crippen LogP contribution in [-0.2, 0) is 32.3 Å². The Balaban J connectivity index is 1.53. The van der Waals surface area contributed by atoms with Crippen LogP contribution in [-0.4, -0.2) is 38.3 Å². The highest BCUT2D eigenvalue weighted by molar-refractivity contribution is 7.94. The van der Waals surface area contributed by atoms with Crippen LogP contribution in [0.25, 0.3) is 16.6 Å². The van der Waals surface area contributed by atoms with Crippen molar-refractivity contribution in [2.24, 2.45) is 0 Å². The Bertz CT molecular complexity index is 1580. The van der Waals surface area contributed by atoms with Crippen LogP contribution < -0.4 is 10.3 Å². The molecule has 3 aromatic heterocycles. The van der Waals surface area contributed by atoms with Gasteiger partial charge in [-0.15, -0.1) is 11.3 Å². The van der Waals surface area contributed by atoms with Crippen LogP contribution in [0, 0.1) is 0 Å². The number of carbonyl (C=O) groups excluding carboxylic acids is 1. The molecule has 0 saturated heterocycles. The summed E-state index contributed by atoms with van der Waals surface area (Å²) in [6.07, 6.45) is 2.82. The van der Waals surface area contributed by atoms with Crippen LogP contribution in [0.5, 0.6) is 0 Å². The molecule has 0 radical (unpaired) electrons. The predicted molar refractivity (Wildman–Crippen MR) is 132 cm³/mol. The topological polar surface area (TPSA) is 135 Å². The molecule has 1 aromatic carbocycles. The number of ketones is 1. The summed E-state index contributed by atoms with van der Waals surface area (Å²) in [7, 11) is -3.77. The van der Waals surface area contributed by atoms with Gasteiger partial charge in [0, 0.05) is 29.9 Å². The third-order valence-corrected chi connectivity index (χ3v) is 8.67. The zero-order valence-electron chi connectivity index (χ0n) is 17.2. The number of pyridine rings is 2. The summed E-state index contributed by atoms with van der Waals surface area (Å²) in [5.74, 6) is -0.846. The fourth-order valence-electron chi connectivity index (χ4n) is 3.27. The number of sulfone groups is 1. The van der Waals surface area contributed by atoms with Gasteiger partial charge in [0.15, 0.2) is 15.6 Å². The Morgan fingerprint density at radius 3 is 2.62 bits per heavy atom. The van der Waals surface area contributed by atoms with Crippen molar-refractivity contribution in [2.75, 3.05) is 10.5 Å². The van der Waals surface area contributed by atoms with Crippen molar-refractivity contribution in [3.8, 4) is 5.82 Å². The standard InChI is InChI=1S/C21H16ClN3O6S3/c22-18-4-6-20(32-18)34(30,31)12-16(26)9-13-1-5-19(23-11-13)25-8-7-14-2-3-15(24-33(28)29)10-17(14)21(25)27/h1-8,10-11,24H,9,12H2,(H,28,29). The molecular weight excluding hydrogens is 522 g/mol. The van der Waals surface area contributed by atoms with Crippen molar-refractivity contribution < 1.29 is 22.0 Å². The number of hydrogen-bond acceptors (Lipinski definition) is 7. The Morgan fingerprint density at radius 1 is 1.18 bits per heavy atom. The minimum atomic E-state index is -3.77. The normalized spacial score (nSPS) is 12.5. The number of rotatable bonds is 8. The SMILES string of the molecule is O=C(Cc1ccc(-n2ccc3ccc(NS(=O)O)cc3c2=O)nc1)CS(=O)(=O)c1ccc(Cl)s1. The molecule has 0 saturated carbocycles. The second-order valence-corrected chi connectivity index (χ2v) is 11.8. The molecule has 0 aliphatic heterocycles. The summed E-state index contributed by atoms with van der Waals surface area (Å²) in [5.41, 5.74) is 0.422. The average molecular weight is 538 g/mol. The molecule has 2 N–H and O–H groups in total. The van der Waals surface area contributed by atoms with E-state index in [9.17, 15) is 22.2 Å². The van der Waals surface area contributed by atoms with Gasteiger partial charge in [0.1, 0.15) is 15.8 Å². The number of thiophene rings is 1. The van der Waals surface area contributed by atoms with Gasteiger partial charge >= 0.3 is 0 Å². The number of Topliss-reactive ketones (excluding diaryl/α,β-unsaturated/α-hetero) is 1. The van der Waals surface area contributed by atoms with Crippen molar-refractivity contribution in [3.63, 3.8) is 0 Å². The molecule has 0 fully saturated rings. The molecule has 0 bridgehead atoms. The van der Waals surface area contributed by atoms with E-state index in [0.717, 1.165) is 11.3 Å². The molecule has 0 spiro atoms. The number of nitrogens with zero attached hydrogens (tertiary/aromatic N) is 2. The second kappa shape index (κ2) is 9.76. The van der Waals surface area contributed by atoms with Gasteiger partial charge in [0.25, 0.3) is 16.8 Å². The number of carbonyl (C=O) groups is 1. The molecular formula is C21H16ClN3O6S3. The van der Waals surface area contributed by atoms with Crippen LogP contribution in [0.15, 0.2) is 69.9 Å². The zero-order valence-corrected chi connectivity index (χ0v) is 20.4. The maximum atomic E-state index is 13.0. The molecule has 0 aliphatic carbocycles. The first-order valence-electron chi connectivity index (χ1n) is 9.60. The van der Waals surface area contributed by atoms with Gasteiger partial charge in [-0.3, -0.25) is 23.4 Å². The van der Waals surface area contributed by atoms with Crippen molar-refractivity contribution in [1.82, 2.24) is 9.55 Å². The van der Waals surface area contributed by atoms with Crippen LogP contribution >= 0.6 is 22.9 Å². The molecule has 1 atom stereocenters. The highest BCUT2D eigenvalue weighted by Crippen LogP contribution is 2.26. The largest absolute Gasteiger partial charge is 0.298 e. The second-order valence-electron chi connectivity index (χ2n) is 7.20. The van der Waals surface area contributed by atoms with Crippen molar-refractivity contribution in [1.29, 1.82) is 0 Å². The van der Waals surface area contributed by atoms with E-state index < -0.39 is 32.6 Å². The number of benzene rings is 1. The maximum absolute atomic E-state index is 13.0. The van der Waals surface area contributed by atoms with E-state index in [-0.39, 0.29) is 16.2 Å². The fourth-order valence-corrected chi connectivity index (χ4v) is 6.41. The van der Waals surface area contributed by atoms with Crippen molar-refractivity contribution in [3.05, 3.63) is 81.2 Å². The van der Waals surface area contributed by atoms with E-state index in [1.54, 1.807) is 36.5 Å². The molecule has 3 heterocycles. The summed E-state index contributed by atoms with van der Waals surface area (Å²) in [6, 6.07) is 12.4. The lowest BCUT2D eigenvalue weighted by Crippen LogP contribution is -2.19. The van der Waals surface area contributed by atoms with E-state index >= 15 is 0 Å². The van der Waals surface area contributed by atoms with Gasteiger partial charge in [-0.25, -0.2) is 17.6 Å². The molecule has 13 heteroatoms. The number of hydrogen-bond donors (Lipinski definition) is 2. The average Bonchev–Trinajstić information content (AvgIpc) is 3.22. The van der Waals surface area contributed by atoms with E-state index in [1.807, 2.05) is 0 Å². The molecule has 1 unspecified atom stereocenters. The monoisotopic (exact) mass is 537 g/mol. The third-order valence-electron chi connectivity index (χ3n) is 4.77. The lowest BCUT2D eigenvalue weighted by Gasteiger charge is -2.09. The lowest BCUT2D eigenvalue weighted by molar-refractivity contribution is -0.116. The first-order valence-corrected chi connectivity index (χ1v) is 13.6. The molecule has 0 amide bonds. The Labute approximate surface area is 205 Å². The van der Waals surface area contributed by atoms with E-state index in [2.05, 4.69) is 9.71 Å². The number of fused-ring (bicyclic) bond motifs is 1. The van der Waals surface area contributed by atoms with Crippen molar-refractivity contribution in [2.45, 2.75) is 10.6 Å². The highest BCUT2D eigenvalue weighted by atomic mass is 35.5. The van der Waals surface area contributed by atoms with Crippen LogP contribution in [0.1, 0.15) is 5.56 Å². The summed E-state index contributed by atoms with van der Waals surface area (Å²) in [6.45, 7) is 0. The summed E-state index contributed by atoms with van der Waals surface area (Å²) in [4.78, 5) is 29.5. The van der Waals surface area contributed by atoms with Crippen LogP contribution in [0.3, 0.4) is 0 Å². The van der Waals surface area contributed by atoms with Gasteiger partial charge in [0.05, 0.1) is 4.34 Å². The molecule has 176 valence electrons. The van der Waals surface area contributed by atoms with E-state index in [4.69, 9.17) is 16.2 Å². The molecule has 34 heavy (non-hydrogen) atoms. The summed E-state index contributed by atoms with van der Waals surface area (Å²) >= 11 is 4.40. The minimum absolute atomic E-state index is 0.0404. The number of aromatic nitrogens is 2. The van der Waals surface area contributed by atoms with E-state index in [1.165, 1.54) is 29.0 Å². The first kappa shape index (κ1) is 24.2. The maximum Gasteiger partial charge on any atom is 0.264 e. The number of nitrogens with one attached hydrogen (secondary N) is 1. The lowest BCUT2D eigenvalue weighted by atomic mass is 10.1. The number of anilines is 1. The smallest absolute Gasteiger partial charge is 0.264 e. The molecule has 9 nitrogen and oxygen atoms in total. The predicted octanol–water partition coefficient (Wildman–Crippen LogP) is 3.23. The van der Waals surface area contributed by atoms with Gasteiger partial charge in [-0.2, -0.15) is 0 Å².